The molecule has 0 unspecified atom stereocenters. The van der Waals surface area contributed by atoms with Crippen molar-refractivity contribution in [3.63, 3.8) is 0 Å². The summed E-state index contributed by atoms with van der Waals surface area (Å²) in [5.74, 6) is 1.66. The summed E-state index contributed by atoms with van der Waals surface area (Å²) in [6, 6.07) is 8.90. The van der Waals surface area contributed by atoms with Crippen LogP contribution in [0.2, 0.25) is 0 Å². The summed E-state index contributed by atoms with van der Waals surface area (Å²) in [5.41, 5.74) is 3.71. The number of halogens is 1. The predicted molar refractivity (Wildman–Crippen MR) is 131 cm³/mol. The first-order chi connectivity index (χ1) is 13.0. The topological polar surface area (TPSA) is 52.6 Å². The molecule has 3 rings (SSSR count). The van der Waals surface area contributed by atoms with Gasteiger partial charge in [0.2, 0.25) is 0 Å². The molecule has 0 bridgehead atoms. The number of aliphatic imine (C=N–C) groups is 1. The van der Waals surface area contributed by atoms with Crippen molar-refractivity contribution in [2.45, 2.75) is 46.7 Å². The van der Waals surface area contributed by atoms with Crippen LogP contribution in [0.5, 0.6) is 0 Å². The highest BCUT2D eigenvalue weighted by molar-refractivity contribution is 14.0. The molecule has 2 heterocycles. The third-order valence-electron chi connectivity index (χ3n) is 5.25. The number of guanidine groups is 1. The van der Waals surface area contributed by atoms with Crippen LogP contribution in [0, 0.1) is 19.8 Å². The lowest BCUT2D eigenvalue weighted by Gasteiger charge is -2.32. The zero-order chi connectivity index (χ0) is 19.2. The second-order valence-electron chi connectivity index (χ2n) is 7.36. The van der Waals surface area contributed by atoms with Crippen LogP contribution in [0.25, 0.3) is 0 Å². The van der Waals surface area contributed by atoms with Crippen molar-refractivity contribution in [1.29, 1.82) is 0 Å². The van der Waals surface area contributed by atoms with Gasteiger partial charge in [0, 0.05) is 37.2 Å². The molecule has 2 N–H and O–H groups in total. The molecule has 0 aliphatic carbocycles. The Morgan fingerprint density at radius 1 is 1.14 bits per heavy atom. The standard InChI is InChI=1S/C21H31N5S.HI/c1-15-9-11-26(12-10-15)19-7-5-18(6-8-19)13-23-21(22-4)24-14-20-25-16(2)17(3)27-20;/h5-8,15H,9-14H2,1-4H3,(H2,22,23,24);1H. The van der Waals surface area contributed by atoms with E-state index in [0.717, 1.165) is 29.1 Å². The summed E-state index contributed by atoms with van der Waals surface area (Å²) >= 11 is 1.74. The van der Waals surface area contributed by atoms with E-state index in [2.05, 4.69) is 70.5 Å². The largest absolute Gasteiger partial charge is 0.372 e. The fraction of sp³-hybridized carbons (Fsp3) is 0.524. The van der Waals surface area contributed by atoms with Crippen LogP contribution >= 0.6 is 35.3 Å². The molecule has 154 valence electrons. The van der Waals surface area contributed by atoms with E-state index in [1.54, 1.807) is 18.4 Å². The van der Waals surface area contributed by atoms with Crippen molar-refractivity contribution in [3.05, 3.63) is 45.4 Å². The molecule has 1 saturated heterocycles. The maximum absolute atomic E-state index is 4.56. The highest BCUT2D eigenvalue weighted by atomic mass is 127. The maximum Gasteiger partial charge on any atom is 0.191 e. The van der Waals surface area contributed by atoms with Crippen LogP contribution in [-0.4, -0.2) is 31.1 Å². The monoisotopic (exact) mass is 513 g/mol. The van der Waals surface area contributed by atoms with E-state index in [1.807, 2.05) is 0 Å². The summed E-state index contributed by atoms with van der Waals surface area (Å²) in [6.45, 7) is 10.3. The van der Waals surface area contributed by atoms with Gasteiger partial charge in [-0.15, -0.1) is 35.3 Å². The van der Waals surface area contributed by atoms with Gasteiger partial charge in [0.25, 0.3) is 0 Å². The Morgan fingerprint density at radius 3 is 2.36 bits per heavy atom. The molecule has 0 amide bonds. The molecular weight excluding hydrogens is 481 g/mol. The molecule has 5 nitrogen and oxygen atoms in total. The Bertz CT molecular complexity index is 744. The molecule has 1 aliphatic rings. The molecule has 0 spiro atoms. The summed E-state index contributed by atoms with van der Waals surface area (Å²) in [6.07, 6.45) is 2.59. The van der Waals surface area contributed by atoms with Crippen LogP contribution in [0.4, 0.5) is 5.69 Å². The van der Waals surface area contributed by atoms with E-state index < -0.39 is 0 Å². The minimum Gasteiger partial charge on any atom is -0.372 e. The number of aromatic nitrogens is 1. The number of rotatable bonds is 5. The van der Waals surface area contributed by atoms with Gasteiger partial charge in [-0.25, -0.2) is 4.98 Å². The van der Waals surface area contributed by atoms with Gasteiger partial charge in [-0.2, -0.15) is 0 Å². The number of piperidine rings is 1. The molecule has 1 aromatic carbocycles. The van der Waals surface area contributed by atoms with Crippen molar-refractivity contribution < 1.29 is 0 Å². The fourth-order valence-electron chi connectivity index (χ4n) is 3.27. The number of aryl methyl sites for hydroxylation is 2. The van der Waals surface area contributed by atoms with E-state index in [9.17, 15) is 0 Å². The van der Waals surface area contributed by atoms with Gasteiger partial charge in [-0.05, 0) is 50.3 Å². The fourth-order valence-corrected chi connectivity index (χ4v) is 4.15. The summed E-state index contributed by atoms with van der Waals surface area (Å²) < 4.78 is 0. The molecule has 28 heavy (non-hydrogen) atoms. The Morgan fingerprint density at radius 2 is 1.79 bits per heavy atom. The molecule has 0 saturated carbocycles. The van der Waals surface area contributed by atoms with Crippen LogP contribution < -0.4 is 15.5 Å². The first-order valence-corrected chi connectivity index (χ1v) is 10.6. The number of hydrogen-bond acceptors (Lipinski definition) is 4. The zero-order valence-corrected chi connectivity index (χ0v) is 20.4. The van der Waals surface area contributed by atoms with Crippen molar-refractivity contribution in [2.75, 3.05) is 25.0 Å². The average Bonchev–Trinajstić information content (AvgIpc) is 3.01. The van der Waals surface area contributed by atoms with E-state index in [0.29, 0.717) is 6.54 Å². The predicted octanol–water partition coefficient (Wildman–Crippen LogP) is 4.48. The van der Waals surface area contributed by atoms with Gasteiger partial charge in [0.1, 0.15) is 5.01 Å². The third-order valence-corrected chi connectivity index (χ3v) is 6.32. The molecule has 2 aromatic rings. The number of anilines is 1. The summed E-state index contributed by atoms with van der Waals surface area (Å²) in [5, 5.41) is 7.82. The van der Waals surface area contributed by atoms with Gasteiger partial charge in [0.05, 0.1) is 12.2 Å². The highest BCUT2D eigenvalue weighted by Gasteiger charge is 2.15. The normalized spacial score (nSPS) is 15.3. The van der Waals surface area contributed by atoms with Crippen molar-refractivity contribution in [1.82, 2.24) is 15.6 Å². The summed E-state index contributed by atoms with van der Waals surface area (Å²) in [7, 11) is 1.80. The summed E-state index contributed by atoms with van der Waals surface area (Å²) in [4.78, 5) is 12.6. The maximum atomic E-state index is 4.56. The molecule has 7 heteroatoms. The first kappa shape index (κ1) is 22.9. The lowest BCUT2D eigenvalue weighted by Crippen LogP contribution is -2.36. The number of nitrogens with zero attached hydrogens (tertiary/aromatic N) is 3. The van der Waals surface area contributed by atoms with Crippen LogP contribution in [0.3, 0.4) is 0 Å². The highest BCUT2D eigenvalue weighted by Crippen LogP contribution is 2.23. The quantitative estimate of drug-likeness (QED) is 0.352. The molecule has 0 radical (unpaired) electrons. The van der Waals surface area contributed by atoms with E-state index in [4.69, 9.17) is 0 Å². The van der Waals surface area contributed by atoms with Gasteiger partial charge in [0.15, 0.2) is 5.96 Å². The van der Waals surface area contributed by atoms with Gasteiger partial charge < -0.3 is 15.5 Å². The molecule has 1 fully saturated rings. The smallest absolute Gasteiger partial charge is 0.191 e. The van der Waals surface area contributed by atoms with E-state index in [-0.39, 0.29) is 24.0 Å². The lowest BCUT2D eigenvalue weighted by molar-refractivity contribution is 0.438. The van der Waals surface area contributed by atoms with E-state index >= 15 is 0 Å². The van der Waals surface area contributed by atoms with Crippen molar-refractivity contribution in [3.8, 4) is 0 Å². The third kappa shape index (κ3) is 6.34. The number of nitrogens with one attached hydrogen (secondary N) is 2. The van der Waals surface area contributed by atoms with Crippen molar-refractivity contribution >= 4 is 47.0 Å². The minimum absolute atomic E-state index is 0. The lowest BCUT2D eigenvalue weighted by atomic mass is 9.99. The van der Waals surface area contributed by atoms with Gasteiger partial charge in [-0.3, -0.25) is 4.99 Å². The first-order valence-electron chi connectivity index (χ1n) is 9.76. The Kier molecular flexibility index (Phi) is 9.01. The molecule has 1 aliphatic heterocycles. The van der Waals surface area contributed by atoms with Crippen LogP contribution in [-0.2, 0) is 13.1 Å². The van der Waals surface area contributed by atoms with Crippen LogP contribution in [0.1, 0.15) is 40.9 Å². The SMILES string of the molecule is CN=C(NCc1ccc(N2CCC(C)CC2)cc1)NCc1nc(C)c(C)s1.I. The zero-order valence-electron chi connectivity index (χ0n) is 17.3. The second kappa shape index (κ2) is 11.0. The molecule has 0 atom stereocenters. The molecular formula is C21H32IN5S. The number of thiazole rings is 1. The second-order valence-corrected chi connectivity index (χ2v) is 8.65. The van der Waals surface area contributed by atoms with Gasteiger partial charge in [-0.1, -0.05) is 19.1 Å². The molecule has 1 aromatic heterocycles. The Hall–Kier alpha value is -1.35. The van der Waals surface area contributed by atoms with Crippen molar-refractivity contribution in [2.24, 2.45) is 10.9 Å². The number of benzene rings is 1. The average molecular weight is 513 g/mol. The Balaban J connectivity index is 0.00000280. The Labute approximate surface area is 190 Å². The van der Waals surface area contributed by atoms with Gasteiger partial charge >= 0.3 is 0 Å². The minimum atomic E-state index is 0. The number of hydrogen-bond donors (Lipinski definition) is 2. The van der Waals surface area contributed by atoms with Crippen LogP contribution in [0.15, 0.2) is 29.3 Å². The van der Waals surface area contributed by atoms with E-state index in [1.165, 1.54) is 42.1 Å².